The molecule has 2 aromatic carbocycles. The highest BCUT2D eigenvalue weighted by Gasteiger charge is 2.31. The summed E-state index contributed by atoms with van der Waals surface area (Å²) in [6, 6.07) is 17.2. The molecule has 0 N–H and O–H groups in total. The number of aromatic nitrogens is 1. The number of fused-ring (bicyclic) bond motifs is 1. The zero-order valence-electron chi connectivity index (χ0n) is 21.7. The summed E-state index contributed by atoms with van der Waals surface area (Å²) in [5, 5.41) is 0.952. The van der Waals surface area contributed by atoms with Gasteiger partial charge in [0.25, 0.3) is 5.56 Å². The molecule has 3 aromatic rings. The molecule has 1 atom stereocenters. The first-order valence-corrected chi connectivity index (χ1v) is 12.6. The zero-order valence-corrected chi connectivity index (χ0v) is 21.7. The number of carbonyl (C=O) groups excluding carboxylic acids is 1. The van der Waals surface area contributed by atoms with Gasteiger partial charge in [-0.1, -0.05) is 18.2 Å². The minimum atomic E-state index is -0.362. The molecule has 9 heteroatoms. The number of ether oxygens (including phenoxy) is 4. The van der Waals surface area contributed by atoms with E-state index in [1.54, 1.807) is 16.6 Å². The van der Waals surface area contributed by atoms with E-state index in [2.05, 4.69) is 4.90 Å². The van der Waals surface area contributed by atoms with Gasteiger partial charge in [-0.3, -0.25) is 9.69 Å². The molecule has 37 heavy (non-hydrogen) atoms. The van der Waals surface area contributed by atoms with Crippen molar-refractivity contribution in [2.45, 2.75) is 26.1 Å². The Labute approximate surface area is 217 Å². The van der Waals surface area contributed by atoms with Crippen molar-refractivity contribution in [3.05, 3.63) is 70.5 Å². The second kappa shape index (κ2) is 12.7. The van der Waals surface area contributed by atoms with E-state index in [0.717, 1.165) is 16.7 Å². The van der Waals surface area contributed by atoms with Gasteiger partial charge < -0.3 is 28.4 Å². The van der Waals surface area contributed by atoms with Gasteiger partial charge in [0.05, 0.1) is 31.9 Å². The van der Waals surface area contributed by atoms with Crippen LogP contribution in [0.15, 0.2) is 59.4 Å². The summed E-state index contributed by atoms with van der Waals surface area (Å²) in [6.07, 6.45) is -0.362. The third-order valence-corrected chi connectivity index (χ3v) is 6.51. The number of piperazine rings is 1. The lowest BCUT2D eigenvalue weighted by atomic mass is 10.1. The van der Waals surface area contributed by atoms with E-state index in [1.165, 1.54) is 7.11 Å². The number of methoxy groups -OCH3 is 2. The molecule has 1 aliphatic rings. The van der Waals surface area contributed by atoms with E-state index >= 15 is 0 Å². The maximum Gasteiger partial charge on any atom is 0.409 e. The lowest BCUT2D eigenvalue weighted by molar-refractivity contribution is 0.0204. The van der Waals surface area contributed by atoms with Crippen LogP contribution in [-0.4, -0.2) is 80.2 Å². The van der Waals surface area contributed by atoms with Gasteiger partial charge in [0.2, 0.25) is 0 Å². The zero-order chi connectivity index (χ0) is 26.2. The minimum absolute atomic E-state index is 0.0530. The molecule has 0 bridgehead atoms. The van der Waals surface area contributed by atoms with Crippen LogP contribution in [0.2, 0.25) is 0 Å². The molecule has 9 nitrogen and oxygen atoms in total. The van der Waals surface area contributed by atoms with Crippen molar-refractivity contribution < 1.29 is 23.7 Å². The van der Waals surface area contributed by atoms with Crippen molar-refractivity contribution in [1.82, 2.24) is 14.4 Å². The normalized spacial score (nSPS) is 16.2. The summed E-state index contributed by atoms with van der Waals surface area (Å²) >= 11 is 0. The molecule has 1 unspecified atom stereocenters. The molecule has 2 heterocycles. The fourth-order valence-corrected chi connectivity index (χ4v) is 4.73. The Bertz CT molecular complexity index is 1250. The summed E-state index contributed by atoms with van der Waals surface area (Å²) in [6.45, 7) is 5.99. The number of benzene rings is 2. The maximum atomic E-state index is 13.7. The average molecular weight is 510 g/mol. The maximum absolute atomic E-state index is 13.7. The predicted octanol–water partition coefficient (Wildman–Crippen LogP) is 3.73. The molecule has 0 radical (unpaired) electrons. The van der Waals surface area contributed by atoms with Crippen molar-refractivity contribution in [3.63, 3.8) is 0 Å². The lowest BCUT2D eigenvalue weighted by Gasteiger charge is -2.40. The van der Waals surface area contributed by atoms with Crippen LogP contribution in [0.5, 0.6) is 11.5 Å². The minimum Gasteiger partial charge on any atom is -0.457 e. The third kappa shape index (κ3) is 6.49. The molecule has 1 aromatic heterocycles. The van der Waals surface area contributed by atoms with Crippen LogP contribution in [0.4, 0.5) is 4.79 Å². The number of hydrogen-bond donors (Lipinski definition) is 0. The SMILES string of the molecule is CCOCCn1c(=O)c(CN2CCN(C(=O)OC)C(COC)C2)cc2ccc(Oc3ccccc3)cc21. The molecule has 1 aliphatic heterocycles. The van der Waals surface area contributed by atoms with E-state index < -0.39 is 0 Å². The highest BCUT2D eigenvalue weighted by atomic mass is 16.5. The highest BCUT2D eigenvalue weighted by Crippen LogP contribution is 2.26. The molecular formula is C28H35N3O6. The van der Waals surface area contributed by atoms with Gasteiger partial charge in [-0.25, -0.2) is 4.79 Å². The summed E-state index contributed by atoms with van der Waals surface area (Å²) in [5.74, 6) is 1.40. The number of hydrogen-bond acceptors (Lipinski definition) is 7. The molecule has 0 saturated carbocycles. The molecule has 0 spiro atoms. The molecular weight excluding hydrogens is 474 g/mol. The number of para-hydroxylation sites is 1. The number of rotatable bonds is 10. The Hall–Kier alpha value is -3.40. The van der Waals surface area contributed by atoms with E-state index in [4.69, 9.17) is 18.9 Å². The fourth-order valence-electron chi connectivity index (χ4n) is 4.73. The number of nitrogens with zero attached hydrogens (tertiary/aromatic N) is 3. The molecule has 0 aliphatic carbocycles. The molecule has 1 fully saturated rings. The molecule has 198 valence electrons. The standard InChI is InChI=1S/C28H35N3O6/c1-4-36-15-14-31-26-17-25(37-24-8-6-5-7-9-24)11-10-21(26)16-22(27(31)32)18-29-12-13-30(28(33)35-3)23(19-29)20-34-2/h5-11,16-17,23H,4,12-15,18-20H2,1-3H3. The Kier molecular flexibility index (Phi) is 9.16. The highest BCUT2D eigenvalue weighted by molar-refractivity contribution is 5.81. The van der Waals surface area contributed by atoms with Crippen LogP contribution in [0, 0.1) is 0 Å². The second-order valence-electron chi connectivity index (χ2n) is 8.97. The summed E-state index contributed by atoms with van der Waals surface area (Å²) in [5.41, 5.74) is 1.45. The van der Waals surface area contributed by atoms with Gasteiger partial charge in [0.1, 0.15) is 11.5 Å². The Morgan fingerprint density at radius 3 is 2.57 bits per heavy atom. The van der Waals surface area contributed by atoms with Gasteiger partial charge in [-0.15, -0.1) is 0 Å². The summed E-state index contributed by atoms with van der Waals surface area (Å²) in [7, 11) is 3.00. The van der Waals surface area contributed by atoms with Crippen LogP contribution in [0.3, 0.4) is 0 Å². The topological polar surface area (TPSA) is 82.5 Å². The first kappa shape index (κ1) is 26.7. The van der Waals surface area contributed by atoms with Gasteiger partial charge in [0.15, 0.2) is 0 Å². The average Bonchev–Trinajstić information content (AvgIpc) is 2.91. The third-order valence-electron chi connectivity index (χ3n) is 6.51. The lowest BCUT2D eigenvalue weighted by Crippen LogP contribution is -2.56. The molecule has 1 amide bonds. The van der Waals surface area contributed by atoms with Crippen LogP contribution in [0.1, 0.15) is 12.5 Å². The van der Waals surface area contributed by atoms with Gasteiger partial charge in [0, 0.05) is 58.1 Å². The second-order valence-corrected chi connectivity index (χ2v) is 8.97. The van der Waals surface area contributed by atoms with E-state index in [1.807, 2.05) is 61.5 Å². The fraction of sp³-hybridized carbons (Fsp3) is 0.429. The van der Waals surface area contributed by atoms with E-state index in [-0.39, 0.29) is 17.7 Å². The smallest absolute Gasteiger partial charge is 0.409 e. The van der Waals surface area contributed by atoms with Crippen molar-refractivity contribution in [3.8, 4) is 11.5 Å². The van der Waals surface area contributed by atoms with E-state index in [0.29, 0.717) is 63.9 Å². The Morgan fingerprint density at radius 1 is 1.03 bits per heavy atom. The summed E-state index contributed by atoms with van der Waals surface area (Å²) in [4.78, 5) is 29.7. The van der Waals surface area contributed by atoms with Crippen LogP contribution < -0.4 is 10.3 Å². The van der Waals surface area contributed by atoms with Crippen molar-refractivity contribution >= 4 is 17.0 Å². The van der Waals surface area contributed by atoms with Crippen molar-refractivity contribution in [1.29, 1.82) is 0 Å². The quantitative estimate of drug-likeness (QED) is 0.385. The number of carbonyl (C=O) groups is 1. The van der Waals surface area contributed by atoms with Gasteiger partial charge in [-0.2, -0.15) is 0 Å². The van der Waals surface area contributed by atoms with Crippen LogP contribution in [0.25, 0.3) is 10.9 Å². The van der Waals surface area contributed by atoms with Gasteiger partial charge in [-0.05, 0) is 42.6 Å². The Balaban J connectivity index is 1.62. The summed E-state index contributed by atoms with van der Waals surface area (Å²) < 4.78 is 23.7. The van der Waals surface area contributed by atoms with Crippen molar-refractivity contribution in [2.75, 3.05) is 53.7 Å². The van der Waals surface area contributed by atoms with Crippen LogP contribution in [-0.2, 0) is 27.3 Å². The predicted molar refractivity (Wildman–Crippen MR) is 141 cm³/mol. The number of amides is 1. The first-order chi connectivity index (χ1) is 18.0. The van der Waals surface area contributed by atoms with E-state index in [9.17, 15) is 9.59 Å². The monoisotopic (exact) mass is 509 g/mol. The molecule has 4 rings (SSSR count). The largest absolute Gasteiger partial charge is 0.457 e. The first-order valence-electron chi connectivity index (χ1n) is 12.6. The molecule has 1 saturated heterocycles. The van der Waals surface area contributed by atoms with Crippen LogP contribution >= 0.6 is 0 Å². The van der Waals surface area contributed by atoms with Crippen molar-refractivity contribution in [2.24, 2.45) is 0 Å². The number of pyridine rings is 1. The van der Waals surface area contributed by atoms with Gasteiger partial charge >= 0.3 is 6.09 Å². The Morgan fingerprint density at radius 2 is 1.84 bits per heavy atom.